The lowest BCUT2D eigenvalue weighted by atomic mass is 9.28. The third-order valence-corrected chi connectivity index (χ3v) is 9.82. The molecule has 1 aliphatic heterocycles. The Morgan fingerprint density at radius 2 is 2.30 bits per heavy atom. The minimum Gasteiger partial charge on any atom is -0.396 e. The molecule has 3 heterocycles. The summed E-state index contributed by atoms with van der Waals surface area (Å²) in [6, 6.07) is 4.79. The van der Waals surface area contributed by atoms with Gasteiger partial charge in [0.25, 0.3) is 5.91 Å². The molecule has 5 unspecified atom stereocenters. The zero-order chi connectivity index (χ0) is 22.9. The van der Waals surface area contributed by atoms with Gasteiger partial charge in [-0.3, -0.25) is 9.52 Å². The highest BCUT2D eigenvalue weighted by Gasteiger charge is 2.75. The number of hydrogen-bond donors (Lipinski definition) is 3. The van der Waals surface area contributed by atoms with Crippen LogP contribution >= 0.6 is 11.9 Å². The van der Waals surface area contributed by atoms with E-state index >= 15 is 0 Å². The molecule has 9 heteroatoms. The molecule has 1 spiro atoms. The topological polar surface area (TPSA) is 103 Å². The Bertz CT molecular complexity index is 1200. The number of fused-ring (bicyclic) bond motifs is 1. The van der Waals surface area contributed by atoms with Crippen molar-refractivity contribution in [3.8, 4) is 6.07 Å². The SMILES string of the molecule is Cc1c(SNC2C3CCC34C(CO)CC24)c2n(c1C(=O)Nc1cc(F)nc(C#N)c1)CCC2. The van der Waals surface area contributed by atoms with Crippen LogP contribution in [-0.4, -0.2) is 33.2 Å². The maximum absolute atomic E-state index is 13.7. The van der Waals surface area contributed by atoms with E-state index < -0.39 is 5.95 Å². The maximum Gasteiger partial charge on any atom is 0.272 e. The first-order valence-corrected chi connectivity index (χ1v) is 12.4. The summed E-state index contributed by atoms with van der Waals surface area (Å²) in [7, 11) is 0. The molecule has 3 N–H and O–H groups in total. The van der Waals surface area contributed by atoms with Crippen LogP contribution in [0, 0.1) is 47.4 Å². The van der Waals surface area contributed by atoms with Crippen LogP contribution in [0.5, 0.6) is 0 Å². The third kappa shape index (κ3) is 2.87. The van der Waals surface area contributed by atoms with Crippen LogP contribution < -0.4 is 10.0 Å². The van der Waals surface area contributed by atoms with Gasteiger partial charge in [-0.05, 0) is 85.8 Å². The van der Waals surface area contributed by atoms with Crippen LogP contribution in [0.2, 0.25) is 0 Å². The van der Waals surface area contributed by atoms with Gasteiger partial charge in [0.2, 0.25) is 5.95 Å². The molecular weight excluding hydrogens is 441 g/mol. The first-order valence-electron chi connectivity index (χ1n) is 11.6. The Morgan fingerprint density at radius 1 is 1.45 bits per heavy atom. The van der Waals surface area contributed by atoms with E-state index in [1.54, 1.807) is 11.9 Å². The van der Waals surface area contributed by atoms with E-state index in [2.05, 4.69) is 19.6 Å². The largest absolute Gasteiger partial charge is 0.396 e. The van der Waals surface area contributed by atoms with E-state index in [1.807, 2.05) is 13.0 Å². The molecule has 3 aliphatic carbocycles. The quantitative estimate of drug-likeness (QED) is 0.445. The average molecular weight is 468 g/mol. The molecule has 2 aromatic heterocycles. The molecule has 0 saturated heterocycles. The van der Waals surface area contributed by atoms with Crippen LogP contribution in [0.15, 0.2) is 17.0 Å². The maximum atomic E-state index is 13.7. The molecule has 6 rings (SSSR count). The molecule has 1 amide bonds. The molecule has 3 fully saturated rings. The highest BCUT2D eigenvalue weighted by molar-refractivity contribution is 7.97. The Morgan fingerprint density at radius 3 is 3.00 bits per heavy atom. The Hall–Kier alpha value is -2.41. The lowest BCUT2D eigenvalue weighted by Crippen LogP contribution is -2.79. The van der Waals surface area contributed by atoms with Crippen LogP contribution in [0.1, 0.15) is 53.1 Å². The zero-order valence-electron chi connectivity index (χ0n) is 18.4. The van der Waals surface area contributed by atoms with E-state index in [-0.39, 0.29) is 17.3 Å². The molecular formula is C24H26FN5O2S. The molecule has 0 radical (unpaired) electrons. The predicted octanol–water partition coefficient (Wildman–Crippen LogP) is 3.40. The Labute approximate surface area is 195 Å². The summed E-state index contributed by atoms with van der Waals surface area (Å²) in [4.78, 5) is 17.8. The normalized spacial score (nSPS) is 30.7. The summed E-state index contributed by atoms with van der Waals surface area (Å²) >= 11 is 1.65. The Balaban J connectivity index is 1.21. The summed E-state index contributed by atoms with van der Waals surface area (Å²) in [6.45, 7) is 3.07. The molecule has 7 nitrogen and oxygen atoms in total. The summed E-state index contributed by atoms with van der Waals surface area (Å²) < 4.78 is 19.5. The van der Waals surface area contributed by atoms with Crippen molar-refractivity contribution in [3.63, 3.8) is 0 Å². The zero-order valence-corrected chi connectivity index (χ0v) is 19.2. The number of amides is 1. The van der Waals surface area contributed by atoms with Crippen LogP contribution in [0.3, 0.4) is 0 Å². The number of carbonyl (C=O) groups excluding carboxylic acids is 1. The van der Waals surface area contributed by atoms with Crippen LogP contribution in [0.25, 0.3) is 0 Å². The van der Waals surface area contributed by atoms with Crippen molar-refractivity contribution >= 4 is 23.5 Å². The second kappa shape index (κ2) is 7.55. The number of carbonyl (C=O) groups is 1. The molecule has 5 atom stereocenters. The molecule has 2 aromatic rings. The summed E-state index contributed by atoms with van der Waals surface area (Å²) in [6.07, 6.45) is 5.51. The van der Waals surface area contributed by atoms with Crippen LogP contribution in [0.4, 0.5) is 10.1 Å². The number of pyridine rings is 1. The van der Waals surface area contributed by atoms with E-state index in [1.165, 1.54) is 24.6 Å². The third-order valence-electron chi connectivity index (χ3n) is 8.68. The first-order chi connectivity index (χ1) is 16.0. The number of halogens is 1. The predicted molar refractivity (Wildman–Crippen MR) is 121 cm³/mol. The van der Waals surface area contributed by atoms with Crippen molar-refractivity contribution in [2.75, 3.05) is 11.9 Å². The van der Waals surface area contributed by atoms with Crippen molar-refractivity contribution in [2.45, 2.75) is 56.5 Å². The fraction of sp³-hybridized carbons (Fsp3) is 0.542. The number of rotatable bonds is 6. The first kappa shape index (κ1) is 21.1. The number of nitrogens with zero attached hydrogens (tertiary/aromatic N) is 3. The van der Waals surface area contributed by atoms with E-state index in [0.29, 0.717) is 41.5 Å². The monoisotopic (exact) mass is 467 g/mol. The van der Waals surface area contributed by atoms with Crippen molar-refractivity contribution in [1.29, 1.82) is 5.26 Å². The summed E-state index contributed by atoms with van der Waals surface area (Å²) in [5, 5.41) is 21.4. The minimum absolute atomic E-state index is 0.0742. The standard InChI is InChI=1S/C24H26FN5O2S/c1-12-21(23(32)28-14-8-15(10-26)27-19(25)9-14)30-6-2-3-18(30)22(12)33-29-20-16-4-5-24(16)13(11-31)7-17(20)24/h8-9,13,16-17,20,29,31H,2-7,11H2,1H3,(H,27,28,32). The molecule has 0 aromatic carbocycles. The highest BCUT2D eigenvalue weighted by atomic mass is 32.2. The molecule has 0 bridgehead atoms. The lowest BCUT2D eigenvalue weighted by molar-refractivity contribution is -0.287. The molecule has 33 heavy (non-hydrogen) atoms. The van der Waals surface area contributed by atoms with E-state index in [0.717, 1.165) is 42.3 Å². The van der Waals surface area contributed by atoms with Crippen molar-refractivity contribution < 1.29 is 14.3 Å². The fourth-order valence-corrected chi connectivity index (χ4v) is 8.28. The molecule has 4 aliphatic rings. The van der Waals surface area contributed by atoms with E-state index in [9.17, 15) is 14.3 Å². The van der Waals surface area contributed by atoms with Gasteiger partial charge < -0.3 is 15.0 Å². The van der Waals surface area contributed by atoms with Gasteiger partial charge >= 0.3 is 0 Å². The van der Waals surface area contributed by atoms with Crippen molar-refractivity contribution in [2.24, 2.45) is 23.2 Å². The van der Waals surface area contributed by atoms with Gasteiger partial charge in [-0.25, -0.2) is 4.98 Å². The van der Waals surface area contributed by atoms with Crippen LogP contribution in [-0.2, 0) is 13.0 Å². The number of aliphatic hydroxyl groups excluding tert-OH is 1. The number of aliphatic hydroxyl groups is 1. The Kier molecular flexibility index (Phi) is 4.84. The minimum atomic E-state index is -0.797. The van der Waals surface area contributed by atoms with Gasteiger partial charge in [0.1, 0.15) is 17.5 Å². The van der Waals surface area contributed by atoms with Crippen molar-refractivity contribution in [1.82, 2.24) is 14.3 Å². The summed E-state index contributed by atoms with van der Waals surface area (Å²) in [5.41, 5.74) is 3.25. The number of hydrogen-bond acceptors (Lipinski definition) is 6. The fourth-order valence-electron chi connectivity index (χ4n) is 7.12. The molecule has 3 saturated carbocycles. The lowest BCUT2D eigenvalue weighted by Gasteiger charge is -2.78. The highest BCUT2D eigenvalue weighted by Crippen LogP contribution is 2.77. The van der Waals surface area contributed by atoms with Gasteiger partial charge in [-0.1, -0.05) is 0 Å². The number of nitrogens with one attached hydrogen (secondary N) is 2. The number of nitriles is 1. The van der Waals surface area contributed by atoms with Gasteiger partial charge in [0, 0.05) is 41.5 Å². The molecule has 172 valence electrons. The summed E-state index contributed by atoms with van der Waals surface area (Å²) in [5.74, 6) is 0.711. The number of aromatic nitrogens is 2. The smallest absolute Gasteiger partial charge is 0.272 e. The second-order valence-electron chi connectivity index (χ2n) is 9.86. The average Bonchev–Trinajstić information content (AvgIpc) is 3.30. The number of anilines is 1. The van der Waals surface area contributed by atoms with Gasteiger partial charge in [0.15, 0.2) is 0 Å². The van der Waals surface area contributed by atoms with Crippen molar-refractivity contribution in [3.05, 3.63) is 40.7 Å². The van der Waals surface area contributed by atoms with Gasteiger partial charge in [-0.2, -0.15) is 9.65 Å². The van der Waals surface area contributed by atoms with Gasteiger partial charge in [-0.15, -0.1) is 0 Å². The van der Waals surface area contributed by atoms with E-state index in [4.69, 9.17) is 5.26 Å². The van der Waals surface area contributed by atoms with Gasteiger partial charge in [0.05, 0.1) is 0 Å². The second-order valence-corrected chi connectivity index (χ2v) is 10.7.